The summed E-state index contributed by atoms with van der Waals surface area (Å²) >= 11 is 3.35. The van der Waals surface area contributed by atoms with Crippen molar-refractivity contribution in [2.75, 3.05) is 5.32 Å². The highest BCUT2D eigenvalue weighted by Crippen LogP contribution is 2.25. The minimum atomic E-state index is -0.126. The van der Waals surface area contributed by atoms with Crippen molar-refractivity contribution in [3.05, 3.63) is 28.7 Å². The summed E-state index contributed by atoms with van der Waals surface area (Å²) in [6.45, 7) is 1.77. The normalized spacial score (nSPS) is 10.2. The molecule has 0 saturated heterocycles. The van der Waals surface area contributed by atoms with E-state index in [0.29, 0.717) is 17.9 Å². The molecule has 2 aromatic rings. The minimum Gasteiger partial charge on any atom is -0.306 e. The molecule has 0 aliphatic heterocycles. The maximum absolute atomic E-state index is 11.3. The Morgan fingerprint density at radius 2 is 2.06 bits per heavy atom. The highest BCUT2D eigenvalue weighted by atomic mass is 79.9. The molecule has 0 aliphatic rings. The van der Waals surface area contributed by atoms with Gasteiger partial charge in [-0.05, 0) is 22.4 Å². The Bertz CT molecular complexity index is 522. The van der Waals surface area contributed by atoms with E-state index in [9.17, 15) is 4.79 Å². The molecule has 88 valence electrons. The molecule has 0 unspecified atom stereocenters. The lowest BCUT2D eigenvalue weighted by Crippen LogP contribution is -2.10. The fourth-order valence-corrected chi connectivity index (χ4v) is 1.55. The fourth-order valence-electron chi connectivity index (χ4n) is 1.29. The summed E-state index contributed by atoms with van der Waals surface area (Å²) in [6, 6.07) is 7.50. The Balaban J connectivity index is 2.30. The molecule has 17 heavy (non-hydrogen) atoms. The maximum Gasteiger partial charge on any atom is 0.225 e. The lowest BCUT2D eigenvalue weighted by molar-refractivity contribution is -0.115. The quantitative estimate of drug-likeness (QED) is 0.945. The van der Waals surface area contributed by atoms with Crippen LogP contribution in [0.2, 0.25) is 0 Å². The SMILES string of the molecule is CCC(=O)Nc1nonc1-c1ccc(Br)cc1. The van der Waals surface area contributed by atoms with Gasteiger partial charge < -0.3 is 5.32 Å². The first-order chi connectivity index (χ1) is 8.20. The molecule has 0 spiro atoms. The summed E-state index contributed by atoms with van der Waals surface area (Å²) in [7, 11) is 0. The third-order valence-corrected chi connectivity index (χ3v) is 2.71. The van der Waals surface area contributed by atoms with Crippen LogP contribution in [-0.4, -0.2) is 16.2 Å². The number of nitrogens with zero attached hydrogens (tertiary/aromatic N) is 2. The van der Waals surface area contributed by atoms with Gasteiger partial charge >= 0.3 is 0 Å². The van der Waals surface area contributed by atoms with Gasteiger partial charge in [-0.2, -0.15) is 0 Å². The second-order valence-corrected chi connectivity index (χ2v) is 4.29. The Kier molecular flexibility index (Phi) is 3.53. The predicted molar refractivity (Wildman–Crippen MR) is 66.4 cm³/mol. The largest absolute Gasteiger partial charge is 0.306 e. The number of carbonyl (C=O) groups is 1. The number of anilines is 1. The second kappa shape index (κ2) is 5.09. The van der Waals surface area contributed by atoms with Gasteiger partial charge in [0, 0.05) is 16.5 Å². The van der Waals surface area contributed by atoms with Gasteiger partial charge in [-0.3, -0.25) is 4.79 Å². The number of benzene rings is 1. The van der Waals surface area contributed by atoms with Gasteiger partial charge in [0.15, 0.2) is 5.69 Å². The molecule has 1 N–H and O–H groups in total. The Morgan fingerprint density at radius 1 is 1.35 bits per heavy atom. The summed E-state index contributed by atoms with van der Waals surface area (Å²) in [5.41, 5.74) is 1.36. The van der Waals surface area contributed by atoms with Gasteiger partial charge in [0.2, 0.25) is 11.7 Å². The first-order valence-electron chi connectivity index (χ1n) is 5.09. The van der Waals surface area contributed by atoms with Crippen LogP contribution in [0.1, 0.15) is 13.3 Å². The highest BCUT2D eigenvalue weighted by Gasteiger charge is 2.13. The van der Waals surface area contributed by atoms with Crippen LogP contribution in [-0.2, 0) is 4.79 Å². The zero-order valence-electron chi connectivity index (χ0n) is 9.11. The van der Waals surface area contributed by atoms with E-state index in [4.69, 9.17) is 0 Å². The number of aromatic nitrogens is 2. The molecule has 1 heterocycles. The average Bonchev–Trinajstić information content (AvgIpc) is 2.78. The molecule has 1 aromatic carbocycles. The molecule has 0 saturated carbocycles. The molecular formula is C11H10BrN3O2. The number of amides is 1. The Labute approximate surface area is 106 Å². The lowest BCUT2D eigenvalue weighted by atomic mass is 10.1. The number of nitrogens with one attached hydrogen (secondary N) is 1. The molecule has 0 atom stereocenters. The van der Waals surface area contributed by atoms with Crippen LogP contribution >= 0.6 is 15.9 Å². The van der Waals surface area contributed by atoms with Gasteiger partial charge in [0.1, 0.15) is 0 Å². The second-order valence-electron chi connectivity index (χ2n) is 3.37. The molecule has 1 aromatic heterocycles. The van der Waals surface area contributed by atoms with Gasteiger partial charge in [0.25, 0.3) is 0 Å². The van der Waals surface area contributed by atoms with Crippen molar-refractivity contribution in [1.29, 1.82) is 0 Å². The van der Waals surface area contributed by atoms with Crippen LogP contribution in [0.5, 0.6) is 0 Å². The van der Waals surface area contributed by atoms with Crippen molar-refractivity contribution < 1.29 is 9.42 Å². The molecule has 0 radical (unpaired) electrons. The van der Waals surface area contributed by atoms with Crippen molar-refractivity contribution in [1.82, 2.24) is 10.3 Å². The van der Waals surface area contributed by atoms with E-state index >= 15 is 0 Å². The molecule has 6 heteroatoms. The lowest BCUT2D eigenvalue weighted by Gasteiger charge is -2.01. The molecule has 0 aliphatic carbocycles. The van der Waals surface area contributed by atoms with E-state index in [-0.39, 0.29) is 5.91 Å². The zero-order chi connectivity index (χ0) is 12.3. The van der Waals surface area contributed by atoms with E-state index in [1.54, 1.807) is 6.92 Å². The van der Waals surface area contributed by atoms with Crippen LogP contribution in [0, 0.1) is 0 Å². The number of carbonyl (C=O) groups excluding carboxylic acids is 1. The molecule has 0 fully saturated rings. The zero-order valence-corrected chi connectivity index (χ0v) is 10.7. The Hall–Kier alpha value is -1.69. The third kappa shape index (κ3) is 2.71. The summed E-state index contributed by atoms with van der Waals surface area (Å²) in [6.07, 6.45) is 0.382. The minimum absolute atomic E-state index is 0.126. The summed E-state index contributed by atoms with van der Waals surface area (Å²) in [5.74, 6) is 0.221. The van der Waals surface area contributed by atoms with Crippen LogP contribution in [0.15, 0.2) is 33.4 Å². The van der Waals surface area contributed by atoms with E-state index in [1.807, 2.05) is 24.3 Å². The first-order valence-corrected chi connectivity index (χ1v) is 5.88. The molecule has 2 rings (SSSR count). The fraction of sp³-hybridized carbons (Fsp3) is 0.182. The smallest absolute Gasteiger partial charge is 0.225 e. The molecular weight excluding hydrogens is 286 g/mol. The standard InChI is InChI=1S/C11H10BrN3O2/c1-2-9(16)13-11-10(14-17-15-11)7-3-5-8(12)6-4-7/h3-6H,2H2,1H3,(H,13,15,16). The van der Waals surface area contributed by atoms with Crippen molar-refractivity contribution in [2.45, 2.75) is 13.3 Å². The number of rotatable bonds is 3. The highest BCUT2D eigenvalue weighted by molar-refractivity contribution is 9.10. The monoisotopic (exact) mass is 295 g/mol. The van der Waals surface area contributed by atoms with Crippen molar-refractivity contribution >= 4 is 27.7 Å². The van der Waals surface area contributed by atoms with E-state index in [2.05, 4.69) is 36.2 Å². The Morgan fingerprint density at radius 3 is 2.71 bits per heavy atom. The van der Waals surface area contributed by atoms with Crippen LogP contribution < -0.4 is 5.32 Å². The number of halogens is 1. The third-order valence-electron chi connectivity index (χ3n) is 2.19. The summed E-state index contributed by atoms with van der Waals surface area (Å²) in [5, 5.41) is 10.1. The van der Waals surface area contributed by atoms with E-state index < -0.39 is 0 Å². The summed E-state index contributed by atoms with van der Waals surface area (Å²) in [4.78, 5) is 11.3. The van der Waals surface area contributed by atoms with Crippen molar-refractivity contribution in [3.8, 4) is 11.3 Å². The van der Waals surface area contributed by atoms with Gasteiger partial charge in [0.05, 0.1) is 0 Å². The topological polar surface area (TPSA) is 68.0 Å². The van der Waals surface area contributed by atoms with Crippen LogP contribution in [0.25, 0.3) is 11.3 Å². The first kappa shape index (κ1) is 11.8. The summed E-state index contributed by atoms with van der Waals surface area (Å²) < 4.78 is 5.62. The average molecular weight is 296 g/mol. The molecule has 5 nitrogen and oxygen atoms in total. The van der Waals surface area contributed by atoms with Crippen LogP contribution in [0.3, 0.4) is 0 Å². The van der Waals surface area contributed by atoms with E-state index in [0.717, 1.165) is 10.0 Å². The van der Waals surface area contributed by atoms with E-state index in [1.165, 1.54) is 0 Å². The van der Waals surface area contributed by atoms with Gasteiger partial charge in [-0.1, -0.05) is 35.0 Å². The van der Waals surface area contributed by atoms with Gasteiger partial charge in [-0.15, -0.1) is 0 Å². The maximum atomic E-state index is 11.3. The number of hydrogen-bond acceptors (Lipinski definition) is 4. The van der Waals surface area contributed by atoms with Crippen molar-refractivity contribution in [3.63, 3.8) is 0 Å². The van der Waals surface area contributed by atoms with Crippen molar-refractivity contribution in [2.24, 2.45) is 0 Å². The molecule has 1 amide bonds. The van der Waals surface area contributed by atoms with Gasteiger partial charge in [-0.25, -0.2) is 4.63 Å². The predicted octanol–water partition coefficient (Wildman–Crippen LogP) is 2.85. The molecule has 0 bridgehead atoms. The number of hydrogen-bond donors (Lipinski definition) is 1. The van der Waals surface area contributed by atoms with Crippen LogP contribution in [0.4, 0.5) is 5.82 Å².